The van der Waals surface area contributed by atoms with Crippen molar-refractivity contribution in [3.8, 4) is 0 Å². The number of H-pyrrole nitrogens is 1. The van der Waals surface area contributed by atoms with E-state index in [1.807, 2.05) is 0 Å². The molecule has 2 aromatic heterocycles. The SMILES string of the molecule is NC(Cc1ccn(C2CCCC2)n1)c1cn[nH]n1. The minimum atomic E-state index is -0.143. The first kappa shape index (κ1) is 11.4. The van der Waals surface area contributed by atoms with Gasteiger partial charge in [-0.2, -0.15) is 20.5 Å². The maximum absolute atomic E-state index is 6.06. The molecule has 1 aliphatic rings. The lowest BCUT2D eigenvalue weighted by molar-refractivity contribution is 0.461. The monoisotopic (exact) mass is 246 g/mol. The molecule has 0 saturated heterocycles. The highest BCUT2D eigenvalue weighted by atomic mass is 15.3. The van der Waals surface area contributed by atoms with Gasteiger partial charge in [0.25, 0.3) is 0 Å². The lowest BCUT2D eigenvalue weighted by Gasteiger charge is -2.09. The average Bonchev–Trinajstić information content (AvgIpc) is 3.12. The summed E-state index contributed by atoms with van der Waals surface area (Å²) >= 11 is 0. The Morgan fingerprint density at radius 3 is 3.00 bits per heavy atom. The number of rotatable bonds is 4. The molecule has 0 aromatic carbocycles. The van der Waals surface area contributed by atoms with Crippen LogP contribution in [-0.2, 0) is 6.42 Å². The predicted molar refractivity (Wildman–Crippen MR) is 66.7 cm³/mol. The van der Waals surface area contributed by atoms with Gasteiger partial charge in [-0.25, -0.2) is 0 Å². The van der Waals surface area contributed by atoms with Crippen LogP contribution in [0.4, 0.5) is 0 Å². The Kier molecular flexibility index (Phi) is 3.10. The standard InChI is InChI=1S/C12H18N6/c13-11(12-8-14-17-15-12)7-9-5-6-18(16-9)10-3-1-2-4-10/h5-6,8,10-11H,1-4,7,13H2,(H,14,15,17). The van der Waals surface area contributed by atoms with Crippen molar-refractivity contribution < 1.29 is 0 Å². The van der Waals surface area contributed by atoms with Crippen molar-refractivity contribution in [2.45, 2.75) is 44.2 Å². The normalized spacial score (nSPS) is 18.3. The first-order chi connectivity index (χ1) is 8.83. The second-order valence-electron chi connectivity index (χ2n) is 4.93. The first-order valence-electron chi connectivity index (χ1n) is 6.48. The number of hydrogen-bond donors (Lipinski definition) is 2. The van der Waals surface area contributed by atoms with Gasteiger partial charge >= 0.3 is 0 Å². The van der Waals surface area contributed by atoms with Crippen LogP contribution in [0.5, 0.6) is 0 Å². The fraction of sp³-hybridized carbons (Fsp3) is 0.583. The van der Waals surface area contributed by atoms with Gasteiger partial charge in [0.15, 0.2) is 0 Å². The number of nitrogens with one attached hydrogen (secondary N) is 1. The zero-order valence-electron chi connectivity index (χ0n) is 10.3. The maximum atomic E-state index is 6.06. The summed E-state index contributed by atoms with van der Waals surface area (Å²) in [5.41, 5.74) is 7.87. The highest BCUT2D eigenvalue weighted by Gasteiger charge is 2.18. The average molecular weight is 246 g/mol. The molecule has 6 nitrogen and oxygen atoms in total. The molecule has 0 amide bonds. The number of nitrogens with two attached hydrogens (primary N) is 1. The van der Waals surface area contributed by atoms with Gasteiger partial charge in [0.1, 0.15) is 0 Å². The number of hydrogen-bond acceptors (Lipinski definition) is 4. The number of aromatic nitrogens is 5. The molecule has 0 radical (unpaired) electrons. The molecule has 2 aromatic rings. The van der Waals surface area contributed by atoms with Crippen molar-refractivity contribution >= 4 is 0 Å². The fourth-order valence-electron chi connectivity index (χ4n) is 2.58. The fourth-order valence-corrected chi connectivity index (χ4v) is 2.58. The quantitative estimate of drug-likeness (QED) is 0.853. The van der Waals surface area contributed by atoms with Gasteiger partial charge in [0, 0.05) is 12.6 Å². The van der Waals surface area contributed by atoms with Gasteiger partial charge in [-0.05, 0) is 18.9 Å². The van der Waals surface area contributed by atoms with Crippen LogP contribution in [0.15, 0.2) is 18.5 Å². The molecule has 1 unspecified atom stereocenters. The van der Waals surface area contributed by atoms with Crippen LogP contribution in [0, 0.1) is 0 Å². The van der Waals surface area contributed by atoms with Crippen molar-refractivity contribution in [2.75, 3.05) is 0 Å². The Morgan fingerprint density at radius 1 is 1.44 bits per heavy atom. The molecular weight excluding hydrogens is 228 g/mol. The van der Waals surface area contributed by atoms with Crippen molar-refractivity contribution in [2.24, 2.45) is 5.73 Å². The maximum Gasteiger partial charge on any atom is 0.0995 e. The molecule has 0 spiro atoms. The topological polar surface area (TPSA) is 85.4 Å². The largest absolute Gasteiger partial charge is 0.322 e. The third-order valence-electron chi connectivity index (χ3n) is 3.60. The Morgan fingerprint density at radius 2 is 2.28 bits per heavy atom. The van der Waals surface area contributed by atoms with Gasteiger partial charge < -0.3 is 5.73 Å². The molecule has 1 saturated carbocycles. The molecule has 18 heavy (non-hydrogen) atoms. The van der Waals surface area contributed by atoms with Gasteiger partial charge in [-0.1, -0.05) is 12.8 Å². The van der Waals surface area contributed by atoms with E-state index in [1.54, 1.807) is 6.20 Å². The molecular formula is C12H18N6. The van der Waals surface area contributed by atoms with Crippen LogP contribution in [0.3, 0.4) is 0 Å². The van der Waals surface area contributed by atoms with Crippen LogP contribution >= 0.6 is 0 Å². The van der Waals surface area contributed by atoms with Gasteiger partial charge in [0.05, 0.1) is 29.7 Å². The Balaban J connectivity index is 1.66. The van der Waals surface area contributed by atoms with Crippen molar-refractivity contribution in [3.05, 3.63) is 29.8 Å². The minimum absolute atomic E-state index is 0.143. The van der Waals surface area contributed by atoms with Crippen LogP contribution in [0.2, 0.25) is 0 Å². The first-order valence-corrected chi connectivity index (χ1v) is 6.48. The summed E-state index contributed by atoms with van der Waals surface area (Å²) in [6.07, 6.45) is 9.56. The van der Waals surface area contributed by atoms with Crippen LogP contribution in [0.1, 0.15) is 49.2 Å². The molecule has 3 N–H and O–H groups in total. The molecule has 3 rings (SSSR count). The van der Waals surface area contributed by atoms with E-state index in [-0.39, 0.29) is 6.04 Å². The van der Waals surface area contributed by atoms with Gasteiger partial charge in [0.2, 0.25) is 0 Å². The lowest BCUT2D eigenvalue weighted by atomic mass is 10.1. The van der Waals surface area contributed by atoms with Crippen molar-refractivity contribution in [1.82, 2.24) is 25.2 Å². The van der Waals surface area contributed by atoms with Gasteiger partial charge in [-0.15, -0.1) is 0 Å². The number of nitrogens with zero attached hydrogens (tertiary/aromatic N) is 4. The van der Waals surface area contributed by atoms with Crippen molar-refractivity contribution in [3.63, 3.8) is 0 Å². The summed E-state index contributed by atoms with van der Waals surface area (Å²) in [5.74, 6) is 0. The zero-order chi connectivity index (χ0) is 12.4. The second kappa shape index (κ2) is 4.89. The summed E-state index contributed by atoms with van der Waals surface area (Å²) in [5, 5.41) is 15.0. The predicted octanol–water partition coefficient (Wildman–Crippen LogP) is 1.36. The lowest BCUT2D eigenvalue weighted by Crippen LogP contribution is -2.15. The van der Waals surface area contributed by atoms with E-state index in [9.17, 15) is 0 Å². The highest BCUT2D eigenvalue weighted by Crippen LogP contribution is 2.28. The minimum Gasteiger partial charge on any atom is -0.322 e. The summed E-state index contributed by atoms with van der Waals surface area (Å²) < 4.78 is 2.10. The molecule has 1 atom stereocenters. The Labute approximate surface area is 106 Å². The van der Waals surface area contributed by atoms with E-state index in [1.165, 1.54) is 25.7 Å². The summed E-state index contributed by atoms with van der Waals surface area (Å²) in [6, 6.07) is 2.50. The molecule has 2 heterocycles. The third kappa shape index (κ3) is 2.28. The van der Waals surface area contributed by atoms with Crippen LogP contribution in [-0.4, -0.2) is 25.2 Å². The Bertz CT molecular complexity index is 482. The van der Waals surface area contributed by atoms with E-state index in [2.05, 4.69) is 37.5 Å². The molecule has 1 aliphatic carbocycles. The van der Waals surface area contributed by atoms with E-state index < -0.39 is 0 Å². The van der Waals surface area contributed by atoms with Crippen LogP contribution < -0.4 is 5.73 Å². The molecule has 0 bridgehead atoms. The van der Waals surface area contributed by atoms with Gasteiger partial charge in [-0.3, -0.25) is 4.68 Å². The third-order valence-corrected chi connectivity index (χ3v) is 3.60. The Hall–Kier alpha value is -1.69. The van der Waals surface area contributed by atoms with E-state index in [0.717, 1.165) is 11.4 Å². The second-order valence-corrected chi connectivity index (χ2v) is 4.93. The van der Waals surface area contributed by atoms with E-state index >= 15 is 0 Å². The summed E-state index contributed by atoms with van der Waals surface area (Å²) in [6.45, 7) is 0. The highest BCUT2D eigenvalue weighted by molar-refractivity contribution is 5.08. The summed E-state index contributed by atoms with van der Waals surface area (Å²) in [7, 11) is 0. The van der Waals surface area contributed by atoms with Crippen LogP contribution in [0.25, 0.3) is 0 Å². The van der Waals surface area contributed by atoms with Crippen molar-refractivity contribution in [1.29, 1.82) is 0 Å². The zero-order valence-corrected chi connectivity index (χ0v) is 10.3. The molecule has 1 fully saturated rings. The molecule has 6 heteroatoms. The smallest absolute Gasteiger partial charge is 0.0995 e. The van der Waals surface area contributed by atoms with E-state index in [0.29, 0.717) is 12.5 Å². The molecule has 0 aliphatic heterocycles. The summed E-state index contributed by atoms with van der Waals surface area (Å²) in [4.78, 5) is 0. The number of aromatic amines is 1. The van der Waals surface area contributed by atoms with E-state index in [4.69, 9.17) is 5.73 Å². The molecule has 96 valence electrons.